The number of hydrogen-bond acceptors (Lipinski definition) is 4. The fourth-order valence-corrected chi connectivity index (χ4v) is 2.12. The van der Waals surface area contributed by atoms with Crippen molar-refractivity contribution in [1.82, 2.24) is 4.98 Å². The molecule has 0 atom stereocenters. The highest BCUT2D eigenvalue weighted by Crippen LogP contribution is 2.18. The lowest BCUT2D eigenvalue weighted by Gasteiger charge is -2.10. The maximum Gasteiger partial charge on any atom is 0.335 e. The zero-order valence-corrected chi connectivity index (χ0v) is 12.1. The summed E-state index contributed by atoms with van der Waals surface area (Å²) in [4.78, 5) is 15.3. The van der Waals surface area contributed by atoms with Gasteiger partial charge in [-0.05, 0) is 37.1 Å². The van der Waals surface area contributed by atoms with E-state index in [1.165, 1.54) is 6.07 Å². The summed E-state index contributed by atoms with van der Waals surface area (Å²) >= 11 is 0. The molecule has 0 aliphatic heterocycles. The van der Waals surface area contributed by atoms with Gasteiger partial charge < -0.3 is 15.2 Å². The van der Waals surface area contributed by atoms with Crippen molar-refractivity contribution in [3.8, 4) is 5.75 Å². The fourth-order valence-electron chi connectivity index (χ4n) is 2.12. The van der Waals surface area contributed by atoms with E-state index < -0.39 is 5.97 Å². The van der Waals surface area contributed by atoms with Gasteiger partial charge in [0.15, 0.2) is 0 Å². The maximum atomic E-state index is 11.0. The van der Waals surface area contributed by atoms with Crippen LogP contribution in [0.3, 0.4) is 0 Å². The largest absolute Gasteiger partial charge is 0.496 e. The standard InChI is InChI=1S/C16H18N2O3/c1-11-9-13(16(19)20)10-15(18-11)17-8-7-12-5-3-4-6-14(12)21-2/h3-6,9-10H,7-8H2,1-2H3,(H,17,18)(H,19,20). The molecule has 0 radical (unpaired) electrons. The lowest BCUT2D eigenvalue weighted by Crippen LogP contribution is -2.09. The number of carbonyl (C=O) groups is 1. The van der Waals surface area contributed by atoms with Gasteiger partial charge in [-0.15, -0.1) is 0 Å². The second kappa shape index (κ2) is 6.74. The van der Waals surface area contributed by atoms with E-state index in [1.54, 1.807) is 20.1 Å². The molecule has 1 heterocycles. The number of nitrogens with one attached hydrogen (secondary N) is 1. The number of hydrogen-bond donors (Lipinski definition) is 2. The minimum Gasteiger partial charge on any atom is -0.496 e. The fraction of sp³-hybridized carbons (Fsp3) is 0.250. The molecule has 2 rings (SSSR count). The van der Waals surface area contributed by atoms with Gasteiger partial charge in [0, 0.05) is 12.2 Å². The van der Waals surface area contributed by atoms with Crippen molar-refractivity contribution < 1.29 is 14.6 Å². The van der Waals surface area contributed by atoms with Crippen molar-refractivity contribution in [3.05, 3.63) is 53.2 Å². The Kier molecular flexibility index (Phi) is 4.77. The smallest absolute Gasteiger partial charge is 0.335 e. The second-order valence-corrected chi connectivity index (χ2v) is 4.68. The Balaban J connectivity index is 2.02. The van der Waals surface area contributed by atoms with E-state index >= 15 is 0 Å². The molecule has 0 saturated heterocycles. The quantitative estimate of drug-likeness (QED) is 0.854. The topological polar surface area (TPSA) is 71.5 Å². The average Bonchev–Trinajstić information content (AvgIpc) is 2.47. The van der Waals surface area contributed by atoms with Gasteiger partial charge >= 0.3 is 5.97 Å². The third-order valence-corrected chi connectivity index (χ3v) is 3.09. The molecule has 1 aromatic heterocycles. The van der Waals surface area contributed by atoms with Crippen molar-refractivity contribution >= 4 is 11.8 Å². The molecule has 0 saturated carbocycles. The zero-order valence-electron chi connectivity index (χ0n) is 12.1. The highest BCUT2D eigenvalue weighted by Gasteiger charge is 2.07. The summed E-state index contributed by atoms with van der Waals surface area (Å²) in [5.41, 5.74) is 2.01. The van der Waals surface area contributed by atoms with E-state index in [1.807, 2.05) is 24.3 Å². The molecule has 0 aliphatic rings. The number of ether oxygens (including phenoxy) is 1. The second-order valence-electron chi connectivity index (χ2n) is 4.68. The summed E-state index contributed by atoms with van der Waals surface area (Å²) in [5.74, 6) is 0.471. The highest BCUT2D eigenvalue weighted by molar-refractivity contribution is 5.88. The first kappa shape index (κ1) is 14.8. The summed E-state index contributed by atoms with van der Waals surface area (Å²) in [5, 5.41) is 12.2. The molecule has 110 valence electrons. The number of rotatable bonds is 6. The average molecular weight is 286 g/mol. The zero-order chi connectivity index (χ0) is 15.2. The number of carboxylic acids is 1. The number of aryl methyl sites for hydroxylation is 1. The van der Waals surface area contributed by atoms with Crippen molar-refractivity contribution in [3.63, 3.8) is 0 Å². The van der Waals surface area contributed by atoms with E-state index in [-0.39, 0.29) is 5.56 Å². The molecule has 0 bridgehead atoms. The van der Waals surface area contributed by atoms with E-state index in [0.29, 0.717) is 18.1 Å². The molecule has 21 heavy (non-hydrogen) atoms. The SMILES string of the molecule is COc1ccccc1CCNc1cc(C(=O)O)cc(C)n1. The third kappa shape index (κ3) is 3.95. The summed E-state index contributed by atoms with van der Waals surface area (Å²) in [7, 11) is 1.65. The van der Waals surface area contributed by atoms with Crippen LogP contribution in [0.25, 0.3) is 0 Å². The third-order valence-electron chi connectivity index (χ3n) is 3.09. The van der Waals surface area contributed by atoms with Crippen molar-refractivity contribution in [2.45, 2.75) is 13.3 Å². The Labute approximate surface area is 123 Å². The Hall–Kier alpha value is -2.56. The Morgan fingerprint density at radius 2 is 2.10 bits per heavy atom. The van der Waals surface area contributed by atoms with E-state index in [0.717, 1.165) is 17.7 Å². The van der Waals surface area contributed by atoms with Crippen LogP contribution in [0.2, 0.25) is 0 Å². The molecule has 0 fully saturated rings. The predicted molar refractivity (Wildman–Crippen MR) is 81.1 cm³/mol. The van der Waals surface area contributed by atoms with Gasteiger partial charge in [0.2, 0.25) is 0 Å². The van der Waals surface area contributed by atoms with E-state index in [4.69, 9.17) is 9.84 Å². The minimum atomic E-state index is -0.951. The molecule has 2 aromatic rings. The molecule has 0 unspecified atom stereocenters. The van der Waals surface area contributed by atoms with Gasteiger partial charge in [-0.25, -0.2) is 9.78 Å². The van der Waals surface area contributed by atoms with Gasteiger partial charge in [-0.3, -0.25) is 0 Å². The first-order valence-corrected chi connectivity index (χ1v) is 6.68. The van der Waals surface area contributed by atoms with Crippen LogP contribution in [0.4, 0.5) is 5.82 Å². The van der Waals surface area contributed by atoms with Crippen LogP contribution in [0.5, 0.6) is 5.75 Å². The lowest BCUT2D eigenvalue weighted by atomic mass is 10.1. The molecule has 0 aliphatic carbocycles. The molecular weight excluding hydrogens is 268 g/mol. The Bertz CT molecular complexity index is 641. The normalized spacial score (nSPS) is 10.2. The van der Waals surface area contributed by atoms with Crippen LogP contribution in [0.1, 0.15) is 21.6 Å². The van der Waals surface area contributed by atoms with Crippen LogP contribution in [0.15, 0.2) is 36.4 Å². The number of pyridine rings is 1. The molecule has 5 nitrogen and oxygen atoms in total. The van der Waals surface area contributed by atoms with E-state index in [2.05, 4.69) is 10.3 Å². The van der Waals surface area contributed by atoms with Gasteiger partial charge in [0.25, 0.3) is 0 Å². The van der Waals surface area contributed by atoms with Gasteiger partial charge in [0.1, 0.15) is 11.6 Å². The molecule has 1 aromatic carbocycles. The number of benzene rings is 1. The van der Waals surface area contributed by atoms with Crippen LogP contribution in [-0.2, 0) is 6.42 Å². The summed E-state index contributed by atoms with van der Waals surface area (Å²) < 4.78 is 5.30. The maximum absolute atomic E-state index is 11.0. The molecule has 2 N–H and O–H groups in total. The van der Waals surface area contributed by atoms with E-state index in [9.17, 15) is 4.79 Å². The van der Waals surface area contributed by atoms with Gasteiger partial charge in [0.05, 0.1) is 12.7 Å². The summed E-state index contributed by atoms with van der Waals surface area (Å²) in [6.07, 6.45) is 0.766. The number of aromatic nitrogens is 1. The van der Waals surface area contributed by atoms with Crippen LogP contribution in [-0.4, -0.2) is 29.7 Å². The van der Waals surface area contributed by atoms with Crippen molar-refractivity contribution in [1.29, 1.82) is 0 Å². The molecular formula is C16H18N2O3. The molecule has 0 amide bonds. The van der Waals surface area contributed by atoms with Crippen molar-refractivity contribution in [2.75, 3.05) is 19.0 Å². The minimum absolute atomic E-state index is 0.238. The van der Waals surface area contributed by atoms with Gasteiger partial charge in [-0.2, -0.15) is 0 Å². The first-order chi connectivity index (χ1) is 10.1. The number of carboxylic acid groups (broad SMARTS) is 1. The number of aromatic carboxylic acids is 1. The van der Waals surface area contributed by atoms with Crippen LogP contribution in [0, 0.1) is 6.92 Å². The van der Waals surface area contributed by atoms with Gasteiger partial charge in [-0.1, -0.05) is 18.2 Å². The summed E-state index contributed by atoms with van der Waals surface area (Å²) in [6.45, 7) is 2.42. The molecule has 5 heteroatoms. The highest BCUT2D eigenvalue weighted by atomic mass is 16.5. The lowest BCUT2D eigenvalue weighted by molar-refractivity contribution is 0.0696. The van der Waals surface area contributed by atoms with Crippen LogP contribution < -0.4 is 10.1 Å². The van der Waals surface area contributed by atoms with Crippen molar-refractivity contribution in [2.24, 2.45) is 0 Å². The van der Waals surface area contributed by atoms with Crippen LogP contribution >= 0.6 is 0 Å². The summed E-state index contributed by atoms with van der Waals surface area (Å²) in [6, 6.07) is 10.9. The first-order valence-electron chi connectivity index (χ1n) is 6.68. The molecule has 0 spiro atoms. The Morgan fingerprint density at radius 1 is 1.33 bits per heavy atom. The Morgan fingerprint density at radius 3 is 2.81 bits per heavy atom. The predicted octanol–water partition coefficient (Wildman–Crippen LogP) is 2.75. The number of nitrogens with zero attached hydrogens (tertiary/aromatic N) is 1. The number of methoxy groups -OCH3 is 1. The number of para-hydroxylation sites is 1. The number of anilines is 1. The monoisotopic (exact) mass is 286 g/mol.